The molecule has 2 heterocycles. The molecule has 1 aliphatic heterocycles. The van der Waals surface area contributed by atoms with Crippen LogP contribution in [0.3, 0.4) is 0 Å². The maximum Gasteiger partial charge on any atom is 0.263 e. The first-order valence-electron chi connectivity index (χ1n) is 7.02. The van der Waals surface area contributed by atoms with Gasteiger partial charge in [0, 0.05) is 4.88 Å². The van der Waals surface area contributed by atoms with Crippen molar-refractivity contribution in [2.75, 3.05) is 0 Å². The van der Waals surface area contributed by atoms with E-state index < -0.39 is 0 Å². The van der Waals surface area contributed by atoms with Gasteiger partial charge in [0.15, 0.2) is 0 Å². The second kappa shape index (κ2) is 5.92. The van der Waals surface area contributed by atoms with Gasteiger partial charge in [-0.25, -0.2) is 0 Å². The van der Waals surface area contributed by atoms with Crippen LogP contribution in [0.5, 0.6) is 0 Å². The third kappa shape index (κ3) is 2.95. The van der Waals surface area contributed by atoms with E-state index in [0.29, 0.717) is 9.23 Å². The Morgan fingerprint density at radius 1 is 1.00 bits per heavy atom. The molecule has 2 aromatic carbocycles. The topological polar surface area (TPSA) is 29.1 Å². The van der Waals surface area contributed by atoms with Gasteiger partial charge in [-0.1, -0.05) is 60.4 Å². The summed E-state index contributed by atoms with van der Waals surface area (Å²) in [6, 6.07) is 16.9. The highest BCUT2D eigenvalue weighted by Gasteiger charge is 2.22. The molecule has 4 rings (SSSR count). The van der Waals surface area contributed by atoms with Crippen molar-refractivity contribution in [3.05, 3.63) is 63.7 Å². The Bertz CT molecular complexity index is 971. The van der Waals surface area contributed by atoms with Crippen molar-refractivity contribution in [2.24, 2.45) is 0 Å². The van der Waals surface area contributed by atoms with Gasteiger partial charge < -0.3 is 5.32 Å². The second-order valence-corrected chi connectivity index (χ2v) is 7.81. The molecule has 0 radical (unpaired) electrons. The fourth-order valence-corrected chi connectivity index (χ4v) is 4.46. The smallest absolute Gasteiger partial charge is 0.263 e. The minimum absolute atomic E-state index is 0.111. The van der Waals surface area contributed by atoms with Gasteiger partial charge in [0.25, 0.3) is 5.91 Å². The van der Waals surface area contributed by atoms with E-state index in [2.05, 4.69) is 47.1 Å². The number of rotatable bonds is 2. The maximum absolute atomic E-state index is 11.7. The Kier molecular flexibility index (Phi) is 3.77. The zero-order valence-electron chi connectivity index (χ0n) is 11.9. The Labute approximate surface area is 147 Å². The van der Waals surface area contributed by atoms with Gasteiger partial charge in [-0.2, -0.15) is 0 Å². The average Bonchev–Trinajstić information content (AvgIpc) is 3.14. The van der Waals surface area contributed by atoms with E-state index in [1.165, 1.54) is 33.7 Å². The van der Waals surface area contributed by atoms with E-state index >= 15 is 0 Å². The molecule has 2 nitrogen and oxygen atoms in total. The minimum atomic E-state index is -0.111. The van der Waals surface area contributed by atoms with Gasteiger partial charge in [0.2, 0.25) is 0 Å². The van der Waals surface area contributed by atoms with Crippen molar-refractivity contribution < 1.29 is 4.79 Å². The number of carbonyl (C=O) groups is 1. The van der Waals surface area contributed by atoms with Gasteiger partial charge in [-0.05, 0) is 45.5 Å². The first-order valence-corrected chi connectivity index (χ1v) is 9.12. The van der Waals surface area contributed by atoms with Crippen LogP contribution in [0.4, 0.5) is 0 Å². The summed E-state index contributed by atoms with van der Waals surface area (Å²) in [7, 11) is 0. The lowest BCUT2D eigenvalue weighted by atomic mass is 10.0. The Morgan fingerprint density at radius 2 is 1.83 bits per heavy atom. The summed E-state index contributed by atoms with van der Waals surface area (Å²) in [6.07, 6.45) is 1.90. The number of hydrogen-bond donors (Lipinski definition) is 1. The van der Waals surface area contributed by atoms with Crippen molar-refractivity contribution in [1.82, 2.24) is 5.32 Å². The number of nitrogens with one attached hydrogen (secondary N) is 1. The zero-order chi connectivity index (χ0) is 15.8. The van der Waals surface area contributed by atoms with Crippen LogP contribution < -0.4 is 5.32 Å². The molecular weight excluding hydrogens is 342 g/mol. The molecule has 1 aliphatic rings. The van der Waals surface area contributed by atoms with Crippen molar-refractivity contribution in [3.8, 4) is 11.1 Å². The summed E-state index contributed by atoms with van der Waals surface area (Å²) in [4.78, 5) is 13.4. The quantitative estimate of drug-likeness (QED) is 0.516. The van der Waals surface area contributed by atoms with Gasteiger partial charge in [0.05, 0.1) is 4.91 Å². The van der Waals surface area contributed by atoms with E-state index in [0.717, 1.165) is 4.88 Å². The molecule has 0 spiro atoms. The molecule has 0 aliphatic carbocycles. The summed E-state index contributed by atoms with van der Waals surface area (Å²) in [5.41, 5.74) is 2.35. The molecular formula is C18H11NOS3. The van der Waals surface area contributed by atoms with E-state index in [4.69, 9.17) is 12.2 Å². The molecule has 23 heavy (non-hydrogen) atoms. The molecule has 1 saturated heterocycles. The Morgan fingerprint density at radius 3 is 2.61 bits per heavy atom. The van der Waals surface area contributed by atoms with Crippen LogP contribution in [0.2, 0.25) is 0 Å². The van der Waals surface area contributed by atoms with Gasteiger partial charge in [-0.3, -0.25) is 4.79 Å². The number of thiophene rings is 1. The molecule has 1 N–H and O–H groups in total. The largest absolute Gasteiger partial charge is 0.307 e. The van der Waals surface area contributed by atoms with Gasteiger partial charge in [0.1, 0.15) is 4.32 Å². The predicted molar refractivity (Wildman–Crippen MR) is 104 cm³/mol. The van der Waals surface area contributed by atoms with E-state index in [1.807, 2.05) is 18.2 Å². The predicted octanol–water partition coefficient (Wildman–Crippen LogP) is 5.06. The zero-order valence-corrected chi connectivity index (χ0v) is 14.4. The normalized spacial score (nSPS) is 16.3. The molecule has 1 fully saturated rings. The lowest BCUT2D eigenvalue weighted by Crippen LogP contribution is -2.17. The van der Waals surface area contributed by atoms with E-state index in [1.54, 1.807) is 11.3 Å². The lowest BCUT2D eigenvalue weighted by Gasteiger charge is -2.01. The Hall–Kier alpha value is -1.95. The third-order valence-electron chi connectivity index (χ3n) is 3.62. The number of amides is 1. The first kappa shape index (κ1) is 14.6. The Balaban J connectivity index is 1.68. The fourth-order valence-electron chi connectivity index (χ4n) is 2.50. The molecule has 0 unspecified atom stereocenters. The summed E-state index contributed by atoms with van der Waals surface area (Å²) in [5, 5.41) is 7.22. The summed E-state index contributed by atoms with van der Waals surface area (Å²) >= 11 is 7.95. The fraction of sp³-hybridized carbons (Fsp3) is 0. The summed E-state index contributed by atoms with van der Waals surface area (Å²) in [6.45, 7) is 0. The van der Waals surface area contributed by atoms with Crippen LogP contribution in [-0.4, -0.2) is 10.2 Å². The highest BCUT2D eigenvalue weighted by molar-refractivity contribution is 8.26. The van der Waals surface area contributed by atoms with E-state index in [-0.39, 0.29) is 5.91 Å². The van der Waals surface area contributed by atoms with Crippen LogP contribution in [0.1, 0.15) is 4.88 Å². The SMILES string of the molecule is O=C1NC(=S)SC1=Cc1cc(-c2ccc3ccccc3c2)cs1. The van der Waals surface area contributed by atoms with Crippen LogP contribution in [-0.2, 0) is 4.79 Å². The lowest BCUT2D eigenvalue weighted by molar-refractivity contribution is -0.115. The third-order valence-corrected chi connectivity index (χ3v) is 5.66. The number of benzene rings is 2. The van der Waals surface area contributed by atoms with E-state index in [9.17, 15) is 4.79 Å². The molecule has 1 amide bonds. The van der Waals surface area contributed by atoms with Crippen LogP contribution in [0.25, 0.3) is 28.0 Å². The summed E-state index contributed by atoms with van der Waals surface area (Å²) in [5.74, 6) is -0.111. The number of carbonyl (C=O) groups excluding carboxylic acids is 1. The number of hydrogen-bond acceptors (Lipinski definition) is 4. The number of thioether (sulfide) groups is 1. The van der Waals surface area contributed by atoms with Crippen molar-refractivity contribution >= 4 is 62.4 Å². The number of thiocarbonyl (C=S) groups is 1. The molecule has 3 aromatic rings. The second-order valence-electron chi connectivity index (χ2n) is 5.15. The monoisotopic (exact) mass is 353 g/mol. The highest BCUT2D eigenvalue weighted by Crippen LogP contribution is 2.32. The van der Waals surface area contributed by atoms with Crippen LogP contribution in [0, 0.1) is 0 Å². The number of fused-ring (bicyclic) bond motifs is 1. The highest BCUT2D eigenvalue weighted by atomic mass is 32.2. The van der Waals surface area contributed by atoms with Crippen LogP contribution in [0.15, 0.2) is 58.8 Å². The molecule has 112 valence electrons. The average molecular weight is 353 g/mol. The molecule has 0 atom stereocenters. The molecule has 5 heteroatoms. The minimum Gasteiger partial charge on any atom is -0.307 e. The first-order chi connectivity index (χ1) is 11.2. The van der Waals surface area contributed by atoms with Crippen molar-refractivity contribution in [3.63, 3.8) is 0 Å². The standard InChI is InChI=1S/C18H11NOS3/c20-17-16(23-18(21)19-17)9-15-8-14(10-22-15)13-6-5-11-3-1-2-4-12(11)7-13/h1-10H,(H,19,20,21). The van der Waals surface area contributed by atoms with Crippen molar-refractivity contribution in [1.29, 1.82) is 0 Å². The van der Waals surface area contributed by atoms with Crippen molar-refractivity contribution in [2.45, 2.75) is 0 Å². The molecule has 0 saturated carbocycles. The maximum atomic E-state index is 11.7. The molecule has 1 aromatic heterocycles. The molecule has 0 bridgehead atoms. The van der Waals surface area contributed by atoms with Crippen LogP contribution >= 0.6 is 35.3 Å². The van der Waals surface area contributed by atoms with Gasteiger partial charge >= 0.3 is 0 Å². The summed E-state index contributed by atoms with van der Waals surface area (Å²) < 4.78 is 0.521. The van der Waals surface area contributed by atoms with Gasteiger partial charge in [-0.15, -0.1) is 11.3 Å².